The summed E-state index contributed by atoms with van der Waals surface area (Å²) in [4.78, 5) is 23.5. The van der Waals surface area contributed by atoms with E-state index in [9.17, 15) is 9.59 Å². The number of hydrogen-bond donors (Lipinski definition) is 3. The fourth-order valence-electron chi connectivity index (χ4n) is 1.48. The summed E-state index contributed by atoms with van der Waals surface area (Å²) in [6, 6.07) is 7.03. The minimum atomic E-state index is -0.424. The lowest BCUT2D eigenvalue weighted by molar-refractivity contribution is -0.122. The molecule has 0 bridgehead atoms. The Morgan fingerprint density at radius 2 is 1.85 bits per heavy atom. The summed E-state index contributed by atoms with van der Waals surface area (Å²) in [5.74, 6) is -0.319. The average Bonchev–Trinajstić information content (AvgIpc) is 2.38. The second kappa shape index (κ2) is 7.40. The van der Waals surface area contributed by atoms with Crippen molar-refractivity contribution in [2.75, 3.05) is 13.1 Å². The van der Waals surface area contributed by atoms with E-state index in [0.29, 0.717) is 18.7 Å². The topological polar surface area (TPSA) is 84.2 Å². The van der Waals surface area contributed by atoms with Gasteiger partial charge >= 0.3 is 0 Å². The molecular formula is C14H20BrN3O2. The Bertz CT molecular complexity index is 472. The molecule has 0 unspecified atom stereocenters. The first-order chi connectivity index (χ1) is 9.34. The predicted octanol–water partition coefficient (Wildman–Crippen LogP) is 1.42. The quantitative estimate of drug-likeness (QED) is 0.731. The van der Waals surface area contributed by atoms with Crippen LogP contribution >= 0.6 is 15.9 Å². The van der Waals surface area contributed by atoms with Crippen LogP contribution in [-0.2, 0) is 4.79 Å². The van der Waals surface area contributed by atoms with Crippen LogP contribution in [-0.4, -0.2) is 30.4 Å². The normalized spacial score (nSPS) is 11.0. The van der Waals surface area contributed by atoms with Gasteiger partial charge in [0.25, 0.3) is 5.91 Å². The van der Waals surface area contributed by atoms with Crippen molar-refractivity contribution in [1.82, 2.24) is 10.6 Å². The lowest BCUT2D eigenvalue weighted by atomic mass is 10.1. The van der Waals surface area contributed by atoms with Gasteiger partial charge in [-0.1, -0.05) is 15.9 Å². The van der Waals surface area contributed by atoms with E-state index >= 15 is 0 Å². The molecule has 0 fully saturated rings. The van der Waals surface area contributed by atoms with E-state index in [2.05, 4.69) is 26.6 Å². The van der Waals surface area contributed by atoms with Gasteiger partial charge in [0.15, 0.2) is 0 Å². The van der Waals surface area contributed by atoms with Gasteiger partial charge in [0.1, 0.15) is 0 Å². The molecule has 20 heavy (non-hydrogen) atoms. The summed E-state index contributed by atoms with van der Waals surface area (Å²) in [5, 5.41) is 5.51. The van der Waals surface area contributed by atoms with E-state index < -0.39 is 5.54 Å². The molecule has 110 valence electrons. The van der Waals surface area contributed by atoms with Crippen molar-refractivity contribution in [2.24, 2.45) is 5.73 Å². The summed E-state index contributed by atoms with van der Waals surface area (Å²) < 4.78 is 0.914. The van der Waals surface area contributed by atoms with Gasteiger partial charge in [0.2, 0.25) is 5.91 Å². The second-order valence-corrected chi connectivity index (χ2v) is 6.06. The lowest BCUT2D eigenvalue weighted by Crippen LogP contribution is -2.49. The highest BCUT2D eigenvalue weighted by Crippen LogP contribution is 2.10. The first-order valence-electron chi connectivity index (χ1n) is 6.39. The lowest BCUT2D eigenvalue weighted by Gasteiger charge is -2.24. The number of halogens is 1. The Kier molecular flexibility index (Phi) is 6.16. The Hall–Kier alpha value is -1.40. The molecule has 6 heteroatoms. The van der Waals surface area contributed by atoms with Crippen molar-refractivity contribution in [2.45, 2.75) is 25.8 Å². The molecule has 0 saturated heterocycles. The maximum atomic E-state index is 11.8. The van der Waals surface area contributed by atoms with Gasteiger partial charge in [-0.2, -0.15) is 0 Å². The minimum Gasteiger partial charge on any atom is -0.352 e. The van der Waals surface area contributed by atoms with Crippen LogP contribution in [0, 0.1) is 0 Å². The number of nitrogens with two attached hydrogens (primary N) is 1. The molecule has 0 aliphatic carbocycles. The van der Waals surface area contributed by atoms with E-state index in [1.165, 1.54) is 0 Å². The molecule has 0 aromatic heterocycles. The fourth-order valence-corrected chi connectivity index (χ4v) is 1.75. The molecule has 0 spiro atoms. The molecular weight excluding hydrogens is 322 g/mol. The van der Waals surface area contributed by atoms with Crippen LogP contribution < -0.4 is 16.4 Å². The van der Waals surface area contributed by atoms with Crippen LogP contribution in [0.15, 0.2) is 28.7 Å². The molecule has 0 heterocycles. The molecule has 0 aliphatic rings. The SMILES string of the molecule is CC(C)(CN)NC(=O)CCNC(=O)c1ccc(Br)cc1. The van der Waals surface area contributed by atoms with E-state index in [1.807, 2.05) is 13.8 Å². The Labute approximate surface area is 127 Å². The van der Waals surface area contributed by atoms with Crippen LogP contribution in [0.25, 0.3) is 0 Å². The molecule has 2 amide bonds. The zero-order chi connectivity index (χ0) is 15.2. The highest BCUT2D eigenvalue weighted by atomic mass is 79.9. The summed E-state index contributed by atoms with van der Waals surface area (Å²) >= 11 is 3.31. The summed E-state index contributed by atoms with van der Waals surface area (Å²) in [6.07, 6.45) is 0.228. The number of hydrogen-bond acceptors (Lipinski definition) is 3. The largest absolute Gasteiger partial charge is 0.352 e. The standard InChI is InChI=1S/C14H20BrN3O2/c1-14(2,9-16)18-12(19)7-8-17-13(20)10-3-5-11(15)6-4-10/h3-6H,7-9,16H2,1-2H3,(H,17,20)(H,18,19). The van der Waals surface area contributed by atoms with Gasteiger partial charge in [-0.05, 0) is 38.1 Å². The van der Waals surface area contributed by atoms with Crippen LogP contribution in [0.4, 0.5) is 0 Å². The number of carbonyl (C=O) groups excluding carboxylic acids is 2. The smallest absolute Gasteiger partial charge is 0.251 e. The van der Waals surface area contributed by atoms with Gasteiger partial charge in [0.05, 0.1) is 0 Å². The van der Waals surface area contributed by atoms with Crippen molar-refractivity contribution in [3.8, 4) is 0 Å². The monoisotopic (exact) mass is 341 g/mol. The third-order valence-electron chi connectivity index (χ3n) is 2.73. The molecule has 0 atom stereocenters. The van der Waals surface area contributed by atoms with Crippen LogP contribution in [0.3, 0.4) is 0 Å². The van der Waals surface area contributed by atoms with Crippen molar-refractivity contribution < 1.29 is 9.59 Å². The van der Waals surface area contributed by atoms with E-state index in [1.54, 1.807) is 24.3 Å². The van der Waals surface area contributed by atoms with E-state index in [-0.39, 0.29) is 18.2 Å². The molecule has 0 radical (unpaired) electrons. The molecule has 4 N–H and O–H groups in total. The highest BCUT2D eigenvalue weighted by Gasteiger charge is 2.17. The van der Waals surface area contributed by atoms with E-state index in [0.717, 1.165) is 4.47 Å². The van der Waals surface area contributed by atoms with Crippen molar-refractivity contribution >= 4 is 27.7 Å². The molecule has 5 nitrogen and oxygen atoms in total. The zero-order valence-corrected chi connectivity index (χ0v) is 13.3. The number of rotatable bonds is 6. The first-order valence-corrected chi connectivity index (χ1v) is 7.18. The first kappa shape index (κ1) is 16.7. The molecule has 1 aromatic rings. The van der Waals surface area contributed by atoms with Crippen molar-refractivity contribution in [3.05, 3.63) is 34.3 Å². The highest BCUT2D eigenvalue weighted by molar-refractivity contribution is 9.10. The van der Waals surface area contributed by atoms with Gasteiger partial charge in [0, 0.05) is 35.1 Å². The van der Waals surface area contributed by atoms with Crippen molar-refractivity contribution in [1.29, 1.82) is 0 Å². The van der Waals surface area contributed by atoms with Crippen LogP contribution in [0.1, 0.15) is 30.6 Å². The van der Waals surface area contributed by atoms with Gasteiger partial charge < -0.3 is 16.4 Å². The molecule has 0 aliphatic heterocycles. The molecule has 1 aromatic carbocycles. The van der Waals surface area contributed by atoms with Gasteiger partial charge in [-0.3, -0.25) is 9.59 Å². The molecule has 0 saturated carbocycles. The van der Waals surface area contributed by atoms with Gasteiger partial charge in [-0.25, -0.2) is 0 Å². The Morgan fingerprint density at radius 3 is 2.40 bits per heavy atom. The maximum absolute atomic E-state index is 11.8. The molecule has 1 rings (SSSR count). The number of benzene rings is 1. The van der Waals surface area contributed by atoms with Crippen LogP contribution in [0.2, 0.25) is 0 Å². The maximum Gasteiger partial charge on any atom is 0.251 e. The summed E-state index contributed by atoms with van der Waals surface area (Å²) in [6.45, 7) is 4.36. The third-order valence-corrected chi connectivity index (χ3v) is 3.26. The Balaban J connectivity index is 2.35. The number of carbonyl (C=O) groups is 2. The fraction of sp³-hybridized carbons (Fsp3) is 0.429. The van der Waals surface area contributed by atoms with Crippen LogP contribution in [0.5, 0.6) is 0 Å². The second-order valence-electron chi connectivity index (χ2n) is 5.15. The third kappa shape index (κ3) is 5.71. The summed E-state index contributed by atoms with van der Waals surface area (Å²) in [5.41, 5.74) is 5.67. The minimum absolute atomic E-state index is 0.128. The van der Waals surface area contributed by atoms with Crippen molar-refractivity contribution in [3.63, 3.8) is 0 Å². The predicted molar refractivity (Wildman–Crippen MR) is 82.4 cm³/mol. The zero-order valence-electron chi connectivity index (χ0n) is 11.7. The summed E-state index contributed by atoms with van der Waals surface area (Å²) in [7, 11) is 0. The van der Waals surface area contributed by atoms with E-state index in [4.69, 9.17) is 5.73 Å². The van der Waals surface area contributed by atoms with Gasteiger partial charge in [-0.15, -0.1) is 0 Å². The number of nitrogens with one attached hydrogen (secondary N) is 2. The number of amides is 2. The average molecular weight is 342 g/mol. The Morgan fingerprint density at radius 1 is 1.25 bits per heavy atom.